The second-order valence-electron chi connectivity index (χ2n) is 7.12. The molecule has 0 bridgehead atoms. The third kappa shape index (κ3) is 5.30. The Morgan fingerprint density at radius 2 is 1.81 bits per heavy atom. The van der Waals surface area contributed by atoms with Gasteiger partial charge in [-0.05, 0) is 68.1 Å². The molecule has 7 heteroatoms. The Balaban J connectivity index is 1.81. The van der Waals surface area contributed by atoms with Crippen LogP contribution in [0.25, 0.3) is 11.1 Å². The standard InChI is InChI=1S/C24H24FNO4S/c1-5-29-24(28)22-19(17-6-8-18(25)9-7-17)13-31-23(22)26-21(27)12-30-20-11-14(2)10-15(3)16(20)4/h6-11,13H,5,12H2,1-4H3,(H,26,27). The van der Waals surface area contributed by atoms with Crippen LogP contribution in [0.1, 0.15) is 34.0 Å². The normalized spacial score (nSPS) is 10.6. The highest BCUT2D eigenvalue weighted by molar-refractivity contribution is 7.15. The van der Waals surface area contributed by atoms with E-state index in [1.165, 1.54) is 23.5 Å². The van der Waals surface area contributed by atoms with Gasteiger partial charge in [-0.15, -0.1) is 11.3 Å². The molecule has 0 atom stereocenters. The summed E-state index contributed by atoms with van der Waals surface area (Å²) >= 11 is 1.21. The van der Waals surface area contributed by atoms with E-state index in [4.69, 9.17) is 9.47 Å². The number of benzene rings is 2. The quantitative estimate of drug-likeness (QED) is 0.480. The zero-order valence-electron chi connectivity index (χ0n) is 17.9. The van der Waals surface area contributed by atoms with Gasteiger partial charge in [-0.25, -0.2) is 9.18 Å². The number of halogens is 1. The summed E-state index contributed by atoms with van der Waals surface area (Å²) in [6, 6.07) is 9.74. The first kappa shape index (κ1) is 22.5. The van der Waals surface area contributed by atoms with Crippen LogP contribution in [0.15, 0.2) is 41.8 Å². The molecule has 0 fully saturated rings. The lowest BCUT2D eigenvalue weighted by Crippen LogP contribution is -2.21. The number of carbonyl (C=O) groups excluding carboxylic acids is 2. The number of thiophene rings is 1. The minimum Gasteiger partial charge on any atom is -0.483 e. The van der Waals surface area contributed by atoms with Gasteiger partial charge in [0.15, 0.2) is 6.61 Å². The lowest BCUT2D eigenvalue weighted by molar-refractivity contribution is -0.118. The summed E-state index contributed by atoms with van der Waals surface area (Å²) in [6.45, 7) is 7.60. The molecule has 1 N–H and O–H groups in total. The van der Waals surface area contributed by atoms with E-state index in [2.05, 4.69) is 11.4 Å². The van der Waals surface area contributed by atoms with E-state index in [0.29, 0.717) is 21.9 Å². The number of hydrogen-bond donors (Lipinski definition) is 1. The van der Waals surface area contributed by atoms with E-state index in [1.807, 2.05) is 26.8 Å². The first-order valence-corrected chi connectivity index (χ1v) is 10.7. The Hall–Kier alpha value is -3.19. The van der Waals surface area contributed by atoms with Crippen molar-refractivity contribution in [3.63, 3.8) is 0 Å². The van der Waals surface area contributed by atoms with Crippen molar-refractivity contribution in [2.45, 2.75) is 27.7 Å². The van der Waals surface area contributed by atoms with Crippen LogP contribution in [-0.4, -0.2) is 25.1 Å². The molecule has 0 saturated carbocycles. The zero-order valence-corrected chi connectivity index (χ0v) is 18.7. The summed E-state index contributed by atoms with van der Waals surface area (Å²) in [5.41, 5.74) is 4.58. The maximum absolute atomic E-state index is 13.3. The average Bonchev–Trinajstić information content (AvgIpc) is 3.13. The smallest absolute Gasteiger partial charge is 0.341 e. The Kier molecular flexibility index (Phi) is 7.07. The summed E-state index contributed by atoms with van der Waals surface area (Å²) in [7, 11) is 0. The maximum atomic E-state index is 13.3. The molecule has 31 heavy (non-hydrogen) atoms. The predicted octanol–water partition coefficient (Wildman–Crippen LogP) is 5.67. The van der Waals surface area contributed by atoms with Crippen LogP contribution in [0.2, 0.25) is 0 Å². The van der Waals surface area contributed by atoms with Crippen molar-refractivity contribution in [2.75, 3.05) is 18.5 Å². The van der Waals surface area contributed by atoms with Crippen LogP contribution in [-0.2, 0) is 9.53 Å². The molecule has 1 amide bonds. The SMILES string of the molecule is CCOC(=O)c1c(-c2ccc(F)cc2)csc1NC(=O)COc1cc(C)cc(C)c1C. The van der Waals surface area contributed by atoms with Crippen LogP contribution in [0.3, 0.4) is 0 Å². The number of nitrogens with one attached hydrogen (secondary N) is 1. The van der Waals surface area contributed by atoms with Gasteiger partial charge in [-0.3, -0.25) is 4.79 Å². The van der Waals surface area contributed by atoms with Gasteiger partial charge in [-0.1, -0.05) is 18.2 Å². The number of rotatable bonds is 7. The third-order valence-electron chi connectivity index (χ3n) is 4.80. The molecule has 0 saturated heterocycles. The number of aryl methyl sites for hydroxylation is 2. The van der Waals surface area contributed by atoms with Crippen LogP contribution in [0, 0.1) is 26.6 Å². The van der Waals surface area contributed by atoms with Crippen molar-refractivity contribution in [1.29, 1.82) is 0 Å². The van der Waals surface area contributed by atoms with Crippen molar-refractivity contribution in [2.24, 2.45) is 0 Å². The van der Waals surface area contributed by atoms with Gasteiger partial charge in [0.1, 0.15) is 22.1 Å². The molecule has 1 heterocycles. The number of amides is 1. The highest BCUT2D eigenvalue weighted by Gasteiger charge is 2.23. The molecule has 0 aliphatic carbocycles. The minimum absolute atomic E-state index is 0.194. The van der Waals surface area contributed by atoms with Crippen LogP contribution < -0.4 is 10.1 Å². The van der Waals surface area contributed by atoms with E-state index >= 15 is 0 Å². The largest absolute Gasteiger partial charge is 0.483 e. The van der Waals surface area contributed by atoms with E-state index in [0.717, 1.165) is 16.7 Å². The summed E-state index contributed by atoms with van der Waals surface area (Å²) < 4.78 is 24.2. The Labute approximate surface area is 184 Å². The minimum atomic E-state index is -0.551. The van der Waals surface area contributed by atoms with E-state index in [-0.39, 0.29) is 24.6 Å². The summed E-state index contributed by atoms with van der Waals surface area (Å²) in [6.07, 6.45) is 0. The number of anilines is 1. The first-order valence-electron chi connectivity index (χ1n) is 9.85. The number of hydrogen-bond acceptors (Lipinski definition) is 5. The zero-order chi connectivity index (χ0) is 22.5. The number of carbonyl (C=O) groups is 2. The summed E-state index contributed by atoms with van der Waals surface area (Å²) in [5.74, 6) is -0.665. The fourth-order valence-corrected chi connectivity index (χ4v) is 4.13. The van der Waals surface area contributed by atoms with Crippen LogP contribution >= 0.6 is 11.3 Å². The Bertz CT molecular complexity index is 1110. The fourth-order valence-electron chi connectivity index (χ4n) is 3.15. The highest BCUT2D eigenvalue weighted by Crippen LogP contribution is 2.36. The molecule has 3 aromatic rings. The van der Waals surface area contributed by atoms with Crippen molar-refractivity contribution < 1.29 is 23.5 Å². The van der Waals surface area contributed by atoms with Crippen molar-refractivity contribution in [1.82, 2.24) is 0 Å². The molecule has 2 aromatic carbocycles. The molecule has 162 valence electrons. The summed E-state index contributed by atoms with van der Waals surface area (Å²) in [4.78, 5) is 25.2. The molecule has 0 unspecified atom stereocenters. The second-order valence-corrected chi connectivity index (χ2v) is 8.00. The van der Waals surface area contributed by atoms with Gasteiger partial charge < -0.3 is 14.8 Å². The van der Waals surface area contributed by atoms with Crippen molar-refractivity contribution in [3.8, 4) is 16.9 Å². The lowest BCUT2D eigenvalue weighted by Gasteiger charge is -2.13. The molecule has 5 nitrogen and oxygen atoms in total. The van der Waals surface area contributed by atoms with E-state index in [9.17, 15) is 14.0 Å². The molecule has 0 spiro atoms. The van der Waals surface area contributed by atoms with Gasteiger partial charge in [0.2, 0.25) is 0 Å². The van der Waals surface area contributed by atoms with Gasteiger partial charge in [0, 0.05) is 10.9 Å². The monoisotopic (exact) mass is 441 g/mol. The van der Waals surface area contributed by atoms with Crippen molar-refractivity contribution >= 4 is 28.2 Å². The fraction of sp³-hybridized carbons (Fsp3) is 0.250. The molecule has 0 aliphatic heterocycles. The first-order chi connectivity index (χ1) is 14.8. The number of esters is 1. The molecular weight excluding hydrogens is 417 g/mol. The molecule has 0 radical (unpaired) electrons. The highest BCUT2D eigenvalue weighted by atomic mass is 32.1. The third-order valence-corrected chi connectivity index (χ3v) is 5.70. The maximum Gasteiger partial charge on any atom is 0.341 e. The van der Waals surface area contributed by atoms with E-state index in [1.54, 1.807) is 24.4 Å². The number of ether oxygens (including phenoxy) is 2. The molecule has 3 rings (SSSR count). The molecule has 1 aromatic heterocycles. The Morgan fingerprint density at radius 3 is 2.48 bits per heavy atom. The second kappa shape index (κ2) is 9.75. The van der Waals surface area contributed by atoms with Crippen LogP contribution in [0.4, 0.5) is 9.39 Å². The van der Waals surface area contributed by atoms with Gasteiger partial charge in [0.05, 0.1) is 6.61 Å². The Morgan fingerprint density at radius 1 is 1.10 bits per heavy atom. The predicted molar refractivity (Wildman–Crippen MR) is 120 cm³/mol. The van der Waals surface area contributed by atoms with E-state index < -0.39 is 11.9 Å². The van der Waals surface area contributed by atoms with Gasteiger partial charge in [-0.2, -0.15) is 0 Å². The van der Waals surface area contributed by atoms with Crippen molar-refractivity contribution in [3.05, 3.63) is 69.8 Å². The van der Waals surface area contributed by atoms with Gasteiger partial charge in [0.25, 0.3) is 5.91 Å². The lowest BCUT2D eigenvalue weighted by atomic mass is 10.0. The molecular formula is C24H24FNO4S. The average molecular weight is 442 g/mol. The topological polar surface area (TPSA) is 64.6 Å². The summed E-state index contributed by atoms with van der Waals surface area (Å²) in [5, 5.41) is 4.85. The van der Waals surface area contributed by atoms with Crippen LogP contribution in [0.5, 0.6) is 5.75 Å². The molecule has 0 aliphatic rings. The van der Waals surface area contributed by atoms with Gasteiger partial charge >= 0.3 is 5.97 Å².